The largest absolute Gasteiger partial charge is 0.492 e. The van der Waals surface area contributed by atoms with Gasteiger partial charge in [0.05, 0.1) is 31.7 Å². The summed E-state index contributed by atoms with van der Waals surface area (Å²) in [5.74, 6) is -1.08. The van der Waals surface area contributed by atoms with Gasteiger partial charge in [0, 0.05) is 31.2 Å². The standard InChI is InChI=1S/C43H76NO10P/c1-3-5-7-8-9-10-11-12-13-14-15-16-17-18-21-25-32-51-38(36-54-55(49,50)53-33-31-44)35-52-43(48)28-24-20-19-23-27-39-40(42(47)34-41(39)46)30-29-37(45)26-22-6-4-2/h12-13,19,23,25,29-30,32,37-40,42,45,47H,3-11,14-18,20-22,24,26-28,31,33-36,44H2,1-2H3,(H,49,50)/b13-12-,23-19-,30-29+,32-25+/t37-,38+,39+,40+,42+/m0/s1. The zero-order chi connectivity index (χ0) is 40.4. The van der Waals surface area contributed by atoms with E-state index < -0.39 is 32.1 Å². The van der Waals surface area contributed by atoms with Gasteiger partial charge in [0.15, 0.2) is 6.10 Å². The molecule has 1 rings (SSSR count). The number of carbonyl (C=O) groups is 2. The number of aliphatic hydroxyl groups excluding tert-OH is 2. The maximum atomic E-state index is 12.5. The van der Waals surface area contributed by atoms with E-state index >= 15 is 0 Å². The first-order valence-electron chi connectivity index (χ1n) is 21.3. The second-order valence-electron chi connectivity index (χ2n) is 14.7. The molecule has 1 saturated carbocycles. The van der Waals surface area contributed by atoms with E-state index in [1.807, 2.05) is 18.2 Å². The van der Waals surface area contributed by atoms with Gasteiger partial charge in [0.2, 0.25) is 0 Å². The van der Waals surface area contributed by atoms with Crippen molar-refractivity contribution in [3.8, 4) is 0 Å². The lowest BCUT2D eigenvalue weighted by Gasteiger charge is -2.19. The SMILES string of the molecule is CCCCCCCC/C=C\CCCCCC/C=C/O[C@H](COC(=O)CCC/C=C\C[C@H]1C(=O)C[C@@H](O)[C@@H]1/C=C/[C@@H](O)CCCCC)COP(=O)(O)OCCN. The molecule has 11 nitrogen and oxygen atoms in total. The van der Waals surface area contributed by atoms with E-state index in [0.29, 0.717) is 25.7 Å². The van der Waals surface area contributed by atoms with Crippen LogP contribution >= 0.6 is 7.82 Å². The van der Waals surface area contributed by atoms with Crippen LogP contribution in [0, 0.1) is 11.8 Å². The van der Waals surface area contributed by atoms with Crippen LogP contribution in [0.2, 0.25) is 0 Å². The minimum atomic E-state index is -4.34. The summed E-state index contributed by atoms with van der Waals surface area (Å²) < 4.78 is 33.1. The molecule has 1 unspecified atom stereocenters. The molecule has 0 aliphatic heterocycles. The first-order valence-corrected chi connectivity index (χ1v) is 22.8. The summed E-state index contributed by atoms with van der Waals surface area (Å²) in [6.07, 6.45) is 34.4. The highest BCUT2D eigenvalue weighted by Crippen LogP contribution is 2.43. The van der Waals surface area contributed by atoms with E-state index in [2.05, 4.69) is 26.0 Å². The number of unbranched alkanes of at least 4 members (excludes halogenated alkanes) is 14. The number of phosphoric ester groups is 1. The monoisotopic (exact) mass is 798 g/mol. The highest BCUT2D eigenvalue weighted by atomic mass is 31.2. The number of esters is 1. The molecule has 12 heteroatoms. The normalized spacial score (nSPS) is 20.0. The topological polar surface area (TPSA) is 175 Å². The zero-order valence-electron chi connectivity index (χ0n) is 34.1. The minimum absolute atomic E-state index is 0.0163. The van der Waals surface area contributed by atoms with Gasteiger partial charge in [-0.1, -0.05) is 115 Å². The number of aliphatic hydroxyl groups is 2. The molecule has 0 amide bonds. The average molecular weight is 798 g/mol. The van der Waals surface area contributed by atoms with Crippen LogP contribution < -0.4 is 5.73 Å². The predicted octanol–water partition coefficient (Wildman–Crippen LogP) is 9.35. The summed E-state index contributed by atoms with van der Waals surface area (Å²) in [6.45, 7) is 3.78. The number of phosphoric acid groups is 1. The number of hydrogen-bond acceptors (Lipinski definition) is 10. The third-order valence-electron chi connectivity index (χ3n) is 9.68. The third-order valence-corrected chi connectivity index (χ3v) is 10.7. The maximum Gasteiger partial charge on any atom is 0.472 e. The molecule has 0 aromatic rings. The molecule has 0 heterocycles. The summed E-state index contributed by atoms with van der Waals surface area (Å²) in [5.41, 5.74) is 5.35. The molecule has 0 bridgehead atoms. The Labute approximate surface area is 332 Å². The molecule has 0 radical (unpaired) electrons. The predicted molar refractivity (Wildman–Crippen MR) is 220 cm³/mol. The van der Waals surface area contributed by atoms with Crippen LogP contribution in [0.25, 0.3) is 0 Å². The summed E-state index contributed by atoms with van der Waals surface area (Å²) in [7, 11) is -4.34. The highest BCUT2D eigenvalue weighted by Gasteiger charge is 2.39. The number of Topliss-reactive ketones (excluding diaryl/α,β-unsaturated/α-hetero) is 1. The van der Waals surface area contributed by atoms with Crippen molar-refractivity contribution in [1.29, 1.82) is 0 Å². The molecule has 0 aromatic carbocycles. The molecule has 0 saturated heterocycles. The Hall–Kier alpha value is -2.11. The smallest absolute Gasteiger partial charge is 0.472 e. The Bertz CT molecular complexity index is 1140. The molecule has 6 atom stereocenters. The molecule has 1 aliphatic carbocycles. The van der Waals surface area contributed by atoms with E-state index in [1.165, 1.54) is 64.0 Å². The lowest BCUT2D eigenvalue weighted by molar-refractivity contribution is -0.147. The second kappa shape index (κ2) is 34.0. The van der Waals surface area contributed by atoms with Gasteiger partial charge in [-0.3, -0.25) is 18.6 Å². The van der Waals surface area contributed by atoms with Crippen LogP contribution in [0.15, 0.2) is 48.8 Å². The summed E-state index contributed by atoms with van der Waals surface area (Å²) in [6, 6.07) is 0. The number of carbonyl (C=O) groups excluding carboxylic acids is 2. The molecular weight excluding hydrogens is 721 g/mol. The first kappa shape index (κ1) is 50.9. The maximum absolute atomic E-state index is 12.5. The number of ketones is 1. The average Bonchev–Trinajstić information content (AvgIpc) is 3.43. The molecule has 318 valence electrons. The van der Waals surface area contributed by atoms with Gasteiger partial charge in [-0.2, -0.15) is 0 Å². The van der Waals surface area contributed by atoms with Gasteiger partial charge >= 0.3 is 13.8 Å². The van der Waals surface area contributed by atoms with Crippen LogP contribution in [-0.2, 0) is 32.7 Å². The summed E-state index contributed by atoms with van der Waals surface area (Å²) in [5, 5.41) is 20.7. The van der Waals surface area contributed by atoms with Gasteiger partial charge in [-0.05, 0) is 70.3 Å². The fraction of sp³-hybridized carbons (Fsp3) is 0.767. The van der Waals surface area contributed by atoms with E-state index in [0.717, 1.165) is 44.9 Å². The van der Waals surface area contributed by atoms with E-state index in [1.54, 1.807) is 12.2 Å². The van der Waals surface area contributed by atoms with Crippen molar-refractivity contribution in [1.82, 2.24) is 0 Å². The molecule has 0 spiro atoms. The lowest BCUT2D eigenvalue weighted by atomic mass is 9.90. The van der Waals surface area contributed by atoms with Gasteiger partial charge in [-0.15, -0.1) is 0 Å². The summed E-state index contributed by atoms with van der Waals surface area (Å²) in [4.78, 5) is 34.9. The van der Waals surface area contributed by atoms with Crippen LogP contribution in [0.4, 0.5) is 0 Å². The number of nitrogens with two attached hydrogens (primary N) is 1. The lowest BCUT2D eigenvalue weighted by Crippen LogP contribution is -2.25. The van der Waals surface area contributed by atoms with Crippen LogP contribution in [-0.4, -0.2) is 71.5 Å². The summed E-state index contributed by atoms with van der Waals surface area (Å²) >= 11 is 0. The number of rotatable bonds is 36. The Morgan fingerprint density at radius 1 is 0.836 bits per heavy atom. The Morgan fingerprint density at radius 3 is 2.11 bits per heavy atom. The highest BCUT2D eigenvalue weighted by molar-refractivity contribution is 7.47. The molecule has 1 aliphatic rings. The van der Waals surface area contributed by atoms with Crippen molar-refractivity contribution < 1.29 is 47.8 Å². The quantitative estimate of drug-likeness (QED) is 0.0156. The van der Waals surface area contributed by atoms with Crippen molar-refractivity contribution in [2.75, 3.05) is 26.4 Å². The minimum Gasteiger partial charge on any atom is -0.492 e. The fourth-order valence-electron chi connectivity index (χ4n) is 6.37. The van der Waals surface area contributed by atoms with Crippen molar-refractivity contribution >= 4 is 19.6 Å². The number of hydrogen-bond donors (Lipinski definition) is 4. The first-order chi connectivity index (χ1) is 26.6. The molecule has 5 N–H and O–H groups in total. The van der Waals surface area contributed by atoms with Crippen molar-refractivity contribution in [3.05, 3.63) is 48.8 Å². The Kier molecular flexibility index (Phi) is 31.4. The Morgan fingerprint density at radius 2 is 1.44 bits per heavy atom. The number of allylic oxidation sites excluding steroid dienone is 5. The van der Waals surface area contributed by atoms with Crippen molar-refractivity contribution in [2.45, 2.75) is 173 Å². The molecule has 55 heavy (non-hydrogen) atoms. The van der Waals surface area contributed by atoms with Gasteiger partial charge in [0.25, 0.3) is 0 Å². The van der Waals surface area contributed by atoms with Crippen molar-refractivity contribution in [2.24, 2.45) is 17.6 Å². The zero-order valence-corrected chi connectivity index (χ0v) is 35.0. The fourth-order valence-corrected chi connectivity index (χ4v) is 7.13. The van der Waals surface area contributed by atoms with E-state index in [-0.39, 0.29) is 56.8 Å². The number of ether oxygens (including phenoxy) is 2. The Balaban J connectivity index is 2.40. The molecule has 1 fully saturated rings. The van der Waals surface area contributed by atoms with E-state index in [4.69, 9.17) is 24.3 Å². The van der Waals surface area contributed by atoms with Gasteiger partial charge < -0.3 is 30.3 Å². The third kappa shape index (κ3) is 28.0. The van der Waals surface area contributed by atoms with Gasteiger partial charge in [-0.25, -0.2) is 4.57 Å². The molecule has 0 aromatic heterocycles. The van der Waals surface area contributed by atoms with Crippen LogP contribution in [0.5, 0.6) is 0 Å². The van der Waals surface area contributed by atoms with Crippen LogP contribution in [0.1, 0.15) is 155 Å². The van der Waals surface area contributed by atoms with Crippen molar-refractivity contribution in [3.63, 3.8) is 0 Å². The van der Waals surface area contributed by atoms with E-state index in [9.17, 15) is 29.3 Å². The molecular formula is C43H76NO10P. The second-order valence-corrected chi connectivity index (χ2v) is 16.1. The van der Waals surface area contributed by atoms with Gasteiger partial charge in [0.1, 0.15) is 12.4 Å². The van der Waals surface area contributed by atoms with Crippen LogP contribution in [0.3, 0.4) is 0 Å².